The Morgan fingerprint density at radius 3 is 2.76 bits per heavy atom. The molecule has 1 aromatic carbocycles. The van der Waals surface area contributed by atoms with Crippen LogP contribution in [0.1, 0.15) is 60.1 Å². The van der Waals surface area contributed by atoms with E-state index in [2.05, 4.69) is 15.4 Å². The van der Waals surface area contributed by atoms with Gasteiger partial charge in [-0.25, -0.2) is 0 Å². The summed E-state index contributed by atoms with van der Waals surface area (Å²) in [5, 5.41) is 19.6. The average molecular weight is 393 g/mol. The molecule has 6 heteroatoms. The molecule has 0 radical (unpaired) electrons. The van der Waals surface area contributed by atoms with Crippen LogP contribution in [0.3, 0.4) is 0 Å². The molecule has 2 unspecified atom stereocenters. The van der Waals surface area contributed by atoms with Crippen LogP contribution < -0.4 is 5.32 Å². The lowest BCUT2D eigenvalue weighted by Crippen LogP contribution is -2.59. The summed E-state index contributed by atoms with van der Waals surface area (Å²) in [7, 11) is 0. The summed E-state index contributed by atoms with van der Waals surface area (Å²) in [6.45, 7) is 2.25. The van der Waals surface area contributed by atoms with Gasteiger partial charge in [0.2, 0.25) is 0 Å². The van der Waals surface area contributed by atoms with Crippen molar-refractivity contribution in [3.8, 4) is 0 Å². The molecule has 2 fully saturated rings. The zero-order valence-electron chi connectivity index (χ0n) is 16.7. The zero-order valence-corrected chi connectivity index (χ0v) is 16.7. The highest BCUT2D eigenvalue weighted by atomic mass is 16.3. The Kier molecular flexibility index (Phi) is 4.63. The van der Waals surface area contributed by atoms with Gasteiger partial charge in [-0.05, 0) is 31.4 Å². The topological polar surface area (TPSA) is 79.5 Å². The number of aliphatic imine (C=N–C) groups is 1. The van der Waals surface area contributed by atoms with Gasteiger partial charge in [-0.1, -0.05) is 43.2 Å². The summed E-state index contributed by atoms with van der Waals surface area (Å²) in [6.07, 6.45) is 8.91. The van der Waals surface area contributed by atoms with E-state index in [-0.39, 0.29) is 11.2 Å². The SMILES string of the molecule is O=C1c2cnn(Cc3ccccc3)c2C=NC1CC1(O)CCNCC12CCCC2. The largest absolute Gasteiger partial charge is 0.389 e. The molecule has 1 saturated carbocycles. The molecule has 2 N–H and O–H groups in total. The third kappa shape index (κ3) is 3.15. The normalized spacial score (nSPS) is 28.0. The van der Waals surface area contributed by atoms with Crippen molar-refractivity contribution in [1.29, 1.82) is 0 Å². The molecule has 2 atom stereocenters. The Balaban J connectivity index is 1.38. The molecule has 1 aromatic heterocycles. The van der Waals surface area contributed by atoms with Crippen LogP contribution in [0.4, 0.5) is 0 Å². The Hall–Kier alpha value is -2.31. The lowest BCUT2D eigenvalue weighted by atomic mass is 9.64. The minimum Gasteiger partial charge on any atom is -0.389 e. The molecule has 0 bridgehead atoms. The molecule has 0 amide bonds. The van der Waals surface area contributed by atoms with Crippen molar-refractivity contribution < 1.29 is 9.90 Å². The average Bonchev–Trinajstić information content (AvgIpc) is 3.37. The number of aromatic nitrogens is 2. The first-order valence-electron chi connectivity index (χ1n) is 10.7. The quantitative estimate of drug-likeness (QED) is 0.838. The second-order valence-electron chi connectivity index (χ2n) is 8.89. The monoisotopic (exact) mass is 392 g/mol. The van der Waals surface area contributed by atoms with E-state index in [9.17, 15) is 9.90 Å². The van der Waals surface area contributed by atoms with Gasteiger partial charge in [0, 0.05) is 24.6 Å². The number of nitrogens with one attached hydrogen (secondary N) is 1. The Morgan fingerprint density at radius 2 is 1.97 bits per heavy atom. The summed E-state index contributed by atoms with van der Waals surface area (Å²) in [5.41, 5.74) is 1.58. The van der Waals surface area contributed by atoms with Crippen molar-refractivity contribution in [3.05, 3.63) is 53.3 Å². The number of nitrogens with zero attached hydrogens (tertiary/aromatic N) is 3. The van der Waals surface area contributed by atoms with Crippen molar-refractivity contribution >= 4 is 12.0 Å². The van der Waals surface area contributed by atoms with Crippen molar-refractivity contribution in [2.45, 2.75) is 56.7 Å². The van der Waals surface area contributed by atoms with Crippen LogP contribution in [0, 0.1) is 5.41 Å². The highest BCUT2D eigenvalue weighted by Gasteiger charge is 2.54. The predicted molar refractivity (Wildman–Crippen MR) is 111 cm³/mol. The summed E-state index contributed by atoms with van der Waals surface area (Å²) in [4.78, 5) is 17.8. The van der Waals surface area contributed by atoms with E-state index < -0.39 is 11.6 Å². The molecule has 1 spiro atoms. The van der Waals surface area contributed by atoms with Gasteiger partial charge in [-0.3, -0.25) is 14.5 Å². The van der Waals surface area contributed by atoms with Crippen LogP contribution in [0.15, 0.2) is 41.5 Å². The summed E-state index contributed by atoms with van der Waals surface area (Å²) in [6, 6.07) is 9.56. The van der Waals surface area contributed by atoms with Crippen molar-refractivity contribution in [1.82, 2.24) is 15.1 Å². The number of hydrogen-bond donors (Lipinski definition) is 2. The number of Topliss-reactive ketones (excluding diaryl/α,β-unsaturated/α-hetero) is 1. The van der Waals surface area contributed by atoms with Crippen LogP contribution in [0.2, 0.25) is 0 Å². The predicted octanol–water partition coefficient (Wildman–Crippen LogP) is 2.59. The van der Waals surface area contributed by atoms with Gasteiger partial charge < -0.3 is 10.4 Å². The molecular formula is C23H28N4O2. The molecule has 3 heterocycles. The minimum atomic E-state index is -0.829. The maximum absolute atomic E-state index is 13.2. The first kappa shape index (κ1) is 18.7. The van der Waals surface area contributed by atoms with Crippen molar-refractivity contribution in [2.75, 3.05) is 13.1 Å². The number of carbonyl (C=O) groups is 1. The highest BCUT2D eigenvalue weighted by Crippen LogP contribution is 2.51. The molecule has 6 nitrogen and oxygen atoms in total. The molecule has 1 aliphatic carbocycles. The fourth-order valence-corrected chi connectivity index (χ4v) is 5.54. The van der Waals surface area contributed by atoms with Gasteiger partial charge >= 0.3 is 0 Å². The van der Waals surface area contributed by atoms with E-state index in [1.165, 1.54) is 0 Å². The minimum absolute atomic E-state index is 0.0121. The molecule has 29 heavy (non-hydrogen) atoms. The smallest absolute Gasteiger partial charge is 0.191 e. The maximum Gasteiger partial charge on any atom is 0.191 e. The summed E-state index contributed by atoms with van der Waals surface area (Å²) >= 11 is 0. The number of piperidine rings is 1. The number of hydrogen-bond acceptors (Lipinski definition) is 5. The standard InChI is InChI=1S/C23H28N4O2/c28-21-18-13-26-27(15-17-6-2-1-3-7-17)20(18)14-25-19(21)12-23(29)10-11-24-16-22(23)8-4-5-9-22/h1-3,6-7,13-14,19,24,29H,4-5,8-12,15-16H2. The second-order valence-corrected chi connectivity index (χ2v) is 8.89. The third-order valence-electron chi connectivity index (χ3n) is 7.26. The molecule has 3 aliphatic rings. The lowest BCUT2D eigenvalue weighted by Gasteiger charge is -2.50. The van der Waals surface area contributed by atoms with Gasteiger partial charge in [0.25, 0.3) is 0 Å². The first-order valence-corrected chi connectivity index (χ1v) is 10.7. The maximum atomic E-state index is 13.2. The van der Waals surface area contributed by atoms with Gasteiger partial charge in [-0.2, -0.15) is 5.10 Å². The van der Waals surface area contributed by atoms with Gasteiger partial charge in [0.1, 0.15) is 6.04 Å². The van der Waals surface area contributed by atoms with Gasteiger partial charge in [-0.15, -0.1) is 0 Å². The van der Waals surface area contributed by atoms with E-state index in [4.69, 9.17) is 0 Å². The van der Waals surface area contributed by atoms with Crippen LogP contribution >= 0.6 is 0 Å². The summed E-state index contributed by atoms with van der Waals surface area (Å²) in [5.74, 6) is -0.0121. The number of benzene rings is 1. The van der Waals surface area contributed by atoms with E-state index in [0.29, 0.717) is 24.9 Å². The third-order valence-corrected chi connectivity index (χ3v) is 7.26. The lowest BCUT2D eigenvalue weighted by molar-refractivity contribution is -0.110. The fourth-order valence-electron chi connectivity index (χ4n) is 5.54. The molecule has 152 valence electrons. The first-order chi connectivity index (χ1) is 14.1. The van der Waals surface area contributed by atoms with E-state index >= 15 is 0 Å². The Bertz CT molecular complexity index is 930. The molecule has 2 aromatic rings. The number of rotatable bonds is 4. The van der Waals surface area contributed by atoms with Crippen LogP contribution in [0.25, 0.3) is 0 Å². The van der Waals surface area contributed by atoms with Gasteiger partial charge in [0.05, 0.1) is 29.6 Å². The van der Waals surface area contributed by atoms with Crippen molar-refractivity contribution in [3.63, 3.8) is 0 Å². The Labute approximate surface area is 171 Å². The fraction of sp³-hybridized carbons (Fsp3) is 0.522. The van der Waals surface area contributed by atoms with Crippen molar-refractivity contribution in [2.24, 2.45) is 10.4 Å². The molecule has 1 saturated heterocycles. The van der Waals surface area contributed by atoms with Crippen LogP contribution in [-0.2, 0) is 6.54 Å². The zero-order chi connectivity index (χ0) is 19.9. The highest BCUT2D eigenvalue weighted by molar-refractivity contribution is 6.09. The summed E-state index contributed by atoms with van der Waals surface area (Å²) < 4.78 is 1.83. The van der Waals surface area contributed by atoms with Gasteiger partial charge in [0.15, 0.2) is 5.78 Å². The van der Waals surface area contributed by atoms with Crippen LogP contribution in [0.5, 0.6) is 0 Å². The van der Waals surface area contributed by atoms with E-state index in [1.807, 2.05) is 35.0 Å². The molecule has 5 rings (SSSR count). The number of fused-ring (bicyclic) bond motifs is 1. The second kappa shape index (κ2) is 7.18. The number of aliphatic hydroxyl groups is 1. The van der Waals surface area contributed by atoms with E-state index in [0.717, 1.165) is 50.0 Å². The van der Waals surface area contributed by atoms with Crippen LogP contribution in [-0.4, -0.2) is 51.6 Å². The Morgan fingerprint density at radius 1 is 1.17 bits per heavy atom. The molecular weight excluding hydrogens is 364 g/mol. The number of carbonyl (C=O) groups excluding carboxylic acids is 1. The van der Waals surface area contributed by atoms with E-state index in [1.54, 1.807) is 12.4 Å². The number of ketones is 1. The molecule has 2 aliphatic heterocycles.